The number of sulfone groups is 1. The summed E-state index contributed by atoms with van der Waals surface area (Å²) in [6.07, 6.45) is -1.25. The molecule has 23 nitrogen and oxygen atoms in total. The fourth-order valence-corrected chi connectivity index (χ4v) is 8.52. The Hall–Kier alpha value is -0.842. The number of rotatable bonds is 20. The van der Waals surface area contributed by atoms with Gasteiger partial charge < -0.3 is 36.1 Å². The zero-order valence-electron chi connectivity index (χ0n) is 38.7. The molecule has 0 fully saturated rings. The van der Waals surface area contributed by atoms with E-state index in [-0.39, 0.29) is 203 Å². The molecule has 5 aromatic carbocycles. The molecule has 71 heavy (non-hydrogen) atoms. The summed E-state index contributed by atoms with van der Waals surface area (Å²) in [5.74, 6) is -2.59. The second-order valence-corrected chi connectivity index (χ2v) is 18.6. The molecule has 0 aliphatic rings. The number of carbonyl (C=O) groups is 1. The predicted octanol–water partition coefficient (Wildman–Crippen LogP) is -2.82. The molecule has 1 aromatic heterocycles. The van der Waals surface area contributed by atoms with Crippen LogP contribution < -0.4 is 120 Å². The van der Waals surface area contributed by atoms with Gasteiger partial charge in [0.15, 0.2) is 27.9 Å². The number of nitrogens with zero attached hydrogens (tertiary/aromatic N) is 6. The Morgan fingerprint density at radius 3 is 2.11 bits per heavy atom. The van der Waals surface area contributed by atoms with Gasteiger partial charge in [0, 0.05) is 60.9 Å². The van der Waals surface area contributed by atoms with E-state index in [9.17, 15) is 46.2 Å². The van der Waals surface area contributed by atoms with Crippen LogP contribution in [0.5, 0.6) is 5.75 Å². The molecule has 0 spiro atoms. The smallest absolute Gasteiger partial charge is 0 e. The van der Waals surface area contributed by atoms with Crippen LogP contribution in [0.3, 0.4) is 0 Å². The van der Waals surface area contributed by atoms with Crippen molar-refractivity contribution in [3.05, 3.63) is 103 Å². The van der Waals surface area contributed by atoms with Crippen LogP contribution in [-0.4, -0.2) is 81.5 Å². The topological polar surface area (TPSA) is 320 Å². The van der Waals surface area contributed by atoms with Crippen LogP contribution in [0.25, 0.3) is 10.8 Å². The van der Waals surface area contributed by atoms with Crippen molar-refractivity contribution in [1.82, 2.24) is 19.4 Å². The zero-order valence-corrected chi connectivity index (χ0v) is 54.4. The number of aromatic nitrogens is 3. The van der Waals surface area contributed by atoms with Gasteiger partial charge in [-0.3, -0.25) is 23.5 Å². The molecule has 4 N–H and O–H groups in total. The van der Waals surface area contributed by atoms with Crippen LogP contribution >= 0.6 is 61.4 Å². The quantitative estimate of drug-likeness (QED) is 0.00689. The normalized spacial score (nSPS) is 11.5. The average Bonchev–Trinajstić information content (AvgIpc) is 3.27. The predicted molar refractivity (Wildman–Crippen MR) is 258 cm³/mol. The minimum absolute atomic E-state index is 0. The molecule has 0 saturated heterocycles. The van der Waals surface area contributed by atoms with Gasteiger partial charge in [-0.1, -0.05) is 6.07 Å². The minimum Gasteiger partial charge on any atom is 0 e. The van der Waals surface area contributed by atoms with Crippen molar-refractivity contribution in [2.45, 2.75) is 14.7 Å². The van der Waals surface area contributed by atoms with Crippen LogP contribution in [-0.2, 0) is 63.9 Å². The van der Waals surface area contributed by atoms with Crippen LogP contribution in [0.15, 0.2) is 116 Å². The number of phenolic OH excluding ortho intramolecular Hbond substituents is 1. The summed E-state index contributed by atoms with van der Waals surface area (Å²) in [4.78, 5) is 23.0. The number of aromatic hydroxyl groups is 1. The van der Waals surface area contributed by atoms with Gasteiger partial charge in [-0.15, -0.1) is 9.45 Å². The summed E-state index contributed by atoms with van der Waals surface area (Å²) in [6.45, 7) is -0.340. The summed E-state index contributed by atoms with van der Waals surface area (Å²) in [5, 5.41) is 54.0. The number of fused-ring (bicyclic) bond motifs is 1. The van der Waals surface area contributed by atoms with Gasteiger partial charge >= 0.3 is 132 Å². The van der Waals surface area contributed by atoms with E-state index in [0.717, 1.165) is 17.8 Å². The van der Waals surface area contributed by atoms with Crippen molar-refractivity contribution in [1.29, 1.82) is 0.594 Å². The third-order valence-corrected chi connectivity index (χ3v) is 12.3. The van der Waals surface area contributed by atoms with E-state index in [1.165, 1.54) is 54.6 Å². The molecule has 0 saturated carbocycles. The van der Waals surface area contributed by atoms with Crippen molar-refractivity contribution in [2.75, 3.05) is 49.5 Å². The zero-order chi connectivity index (χ0) is 49.6. The summed E-state index contributed by atoms with van der Waals surface area (Å²) in [7, 11) is -3.36. The molecule has 0 unspecified atom stereocenters. The van der Waals surface area contributed by atoms with Gasteiger partial charge in [0.25, 0.3) is 5.91 Å². The number of phenols is 1. The van der Waals surface area contributed by atoms with Gasteiger partial charge in [0.1, 0.15) is 21.5 Å². The molecule has 6 rings (SSSR count). The Kier molecular flexibility index (Phi) is 29.9. The number of nitrogens with one attached hydrogen (secondary N) is 3. The van der Waals surface area contributed by atoms with E-state index in [1.54, 1.807) is 12.1 Å². The largest absolute Gasteiger partial charge is 1.00 e. The molecule has 6 aromatic rings. The minimum atomic E-state index is -5.42. The summed E-state index contributed by atoms with van der Waals surface area (Å²) in [6, 6.07) is 21.3. The van der Waals surface area contributed by atoms with Crippen molar-refractivity contribution in [3.63, 3.8) is 0 Å². The first-order valence-corrected chi connectivity index (χ1v) is 29.5. The first-order chi connectivity index (χ1) is 32.3. The number of amides is 1. The van der Waals surface area contributed by atoms with Crippen LogP contribution in [0.1, 0.15) is 10.4 Å². The van der Waals surface area contributed by atoms with E-state index in [1.807, 2.05) is 33.3 Å². The molecular weight excluding hydrogens is 1450 g/mol. The maximum atomic E-state index is 14.7. The molecule has 0 bridgehead atoms. The number of quaternary nitrogens is 1. The van der Waals surface area contributed by atoms with E-state index >= 15 is 0 Å². The molecule has 1 heterocycles. The summed E-state index contributed by atoms with van der Waals surface area (Å²) in [5.41, 5.74) is 1.05. The number of benzene rings is 5. The monoisotopic (exact) mass is 1480 g/mol. The van der Waals surface area contributed by atoms with Gasteiger partial charge in [0.05, 0.1) is 71.6 Å². The van der Waals surface area contributed by atoms with Crippen molar-refractivity contribution < 1.29 is 179 Å². The van der Waals surface area contributed by atoms with Gasteiger partial charge in [0.2, 0.25) is 11.9 Å². The first-order valence-electron chi connectivity index (χ1n) is 18.6. The fourth-order valence-electron chi connectivity index (χ4n) is 5.76. The number of carbonyl (C=O) groups excluding carboxylic acids is 1. The Labute approximate surface area is 518 Å². The van der Waals surface area contributed by atoms with E-state index < -0.39 is 65.4 Å². The van der Waals surface area contributed by atoms with Crippen LogP contribution in [0.2, 0.25) is 0 Å². The fraction of sp³-hybridized carbons (Fsp3) is 0.135. The van der Waals surface area contributed by atoms with Gasteiger partial charge in [-0.2, -0.15) is 28.8 Å². The molecule has 0 aliphatic heterocycles. The second-order valence-electron chi connectivity index (χ2n) is 13.9. The number of azo groups is 1. The maximum absolute atomic E-state index is 14.7. The number of anilines is 5. The van der Waals surface area contributed by atoms with Crippen LogP contribution in [0.4, 0.5) is 50.4 Å². The molecule has 1 amide bonds. The summed E-state index contributed by atoms with van der Waals surface area (Å²) >= 11 is 2.13. The van der Waals surface area contributed by atoms with Crippen molar-refractivity contribution in [2.24, 2.45) is 10.2 Å². The Morgan fingerprint density at radius 2 is 1.51 bits per heavy atom. The number of hydrogen-bond donors (Lipinski definition) is 4. The van der Waals surface area contributed by atoms with Crippen molar-refractivity contribution in [3.8, 4) is 5.75 Å². The standard InChI is InChI=1S/C37H34FN9O14S4.H2I2.3Na.W/c1-47(2,3)25-13-11-22(12-14-25)40-36-42-35(38)43-37(44-36)41-29-16-15-27-28(33(29)65(54,55)56)20-30(62-60-58-50)31(32(27)48)46-45-23-9-7-21(8-10-23)34(49)39-24-5-4-6-26(19-24)64(52,53)18-17-57-63-61-59-51;1-2;;;;/h4-16,19-20H,17-18H2,1-3H3,(H6-,39,40,41,42,43,44,45,48,49,50,51,54,55,56);1H2;;;;/q;;3*+1;/p-2/i;1D;;;;. The third-order valence-electron chi connectivity index (χ3n) is 8.72. The Morgan fingerprint density at radius 1 is 0.873 bits per heavy atom. The second kappa shape index (κ2) is 32.0. The molecule has 0 radical (unpaired) electrons. The molecule has 364 valence electrons. The molecule has 0 aliphatic carbocycles. The van der Waals surface area contributed by atoms with Crippen molar-refractivity contribution >= 4 is 144 Å². The Balaban J connectivity index is 0.00000361. The third kappa shape index (κ3) is 19.9. The number of hydrogen-bond acceptors (Lipinski definition) is 23. The first kappa shape index (κ1) is 66.3. The molecular formula is C37H34FI2N9Na3O14S4W+. The average molecular weight is 1480 g/mol. The SMILES string of the molecule is C[N+](C)(C)c1ccc(Nc2nc(F)nc(Nc3ccc4c(O)c(N=Nc5ccc(C(=O)Nc6cccc(S(=O)(=O)CCOSOO[O-])c6)cc5)c(SOO[O-])cc4c3S(=O)(=O)[O-])n2)cc1.[2H][IH]I.[Na+].[Na+].[Na+].[W]. The van der Waals surface area contributed by atoms with Crippen LogP contribution in [0, 0.1) is 6.08 Å². The maximum Gasteiger partial charge on any atom is 1.00 e. The van der Waals surface area contributed by atoms with Gasteiger partial charge in [-0.05, 0) is 72.8 Å². The van der Waals surface area contributed by atoms with E-state index in [0.29, 0.717) is 10.2 Å². The van der Waals surface area contributed by atoms with E-state index in [4.69, 9.17) is 4.78 Å². The number of halogens is 3. The van der Waals surface area contributed by atoms with E-state index in [2.05, 4.69) is 78.5 Å². The van der Waals surface area contributed by atoms with Gasteiger partial charge in [-0.25, -0.2) is 16.8 Å². The molecule has 0 atom stereocenters. The Bertz CT molecular complexity index is 3010. The summed E-state index contributed by atoms with van der Waals surface area (Å²) < 4.78 is 98.4. The molecule has 34 heteroatoms.